The zero-order valence-corrected chi connectivity index (χ0v) is 10.5. The normalized spacial score (nSPS) is 19.5. The molecule has 1 heterocycles. The van der Waals surface area contributed by atoms with Gasteiger partial charge in [-0.2, -0.15) is 0 Å². The minimum absolute atomic E-state index is 0.0675. The first kappa shape index (κ1) is 13.5. The molecule has 4 nitrogen and oxygen atoms in total. The molecule has 1 fully saturated rings. The van der Waals surface area contributed by atoms with Crippen molar-refractivity contribution in [2.75, 3.05) is 6.54 Å². The lowest BCUT2D eigenvalue weighted by molar-refractivity contribution is -0.144. The summed E-state index contributed by atoms with van der Waals surface area (Å²) < 4.78 is 26.6. The highest BCUT2D eigenvalue weighted by molar-refractivity contribution is 5.94. The molecule has 1 aromatic rings. The summed E-state index contributed by atoms with van der Waals surface area (Å²) in [5, 5.41) is 2.56. The van der Waals surface area contributed by atoms with Crippen molar-refractivity contribution in [3.63, 3.8) is 0 Å². The van der Waals surface area contributed by atoms with Gasteiger partial charge in [0.25, 0.3) is 0 Å². The Balaban J connectivity index is 2.19. The molecule has 19 heavy (non-hydrogen) atoms. The van der Waals surface area contributed by atoms with Gasteiger partial charge in [0, 0.05) is 12.1 Å². The Labute approximate surface area is 109 Å². The van der Waals surface area contributed by atoms with Gasteiger partial charge in [-0.25, -0.2) is 8.78 Å². The average Bonchev–Trinajstić information content (AvgIpc) is 2.38. The first-order chi connectivity index (χ1) is 9.02. The van der Waals surface area contributed by atoms with Crippen LogP contribution in [0.25, 0.3) is 0 Å². The van der Waals surface area contributed by atoms with E-state index in [2.05, 4.69) is 5.32 Å². The maximum Gasteiger partial charge on any atom is 0.245 e. The second kappa shape index (κ2) is 5.34. The van der Waals surface area contributed by atoms with Crippen LogP contribution in [0.4, 0.5) is 8.78 Å². The molecule has 0 saturated carbocycles. The number of nitrogens with one attached hydrogen (secondary N) is 1. The number of carbonyl (C=O) groups is 2. The molecule has 1 N–H and O–H groups in total. The molecule has 6 heteroatoms. The standard InChI is InChI=1S/C13H14F2N2O2/c1-2-10-13(19)17(7-11(18)16-10)6-8-4-3-5-9(14)12(8)15/h3-5,10H,2,6-7H2,1H3,(H,16,18). The fourth-order valence-electron chi connectivity index (χ4n) is 2.06. The zero-order valence-electron chi connectivity index (χ0n) is 10.5. The van der Waals surface area contributed by atoms with Gasteiger partial charge < -0.3 is 10.2 Å². The molecule has 1 unspecified atom stereocenters. The maximum atomic E-state index is 13.5. The molecule has 2 rings (SSSR count). The van der Waals surface area contributed by atoms with Crippen molar-refractivity contribution in [2.45, 2.75) is 25.9 Å². The fourth-order valence-corrected chi connectivity index (χ4v) is 2.06. The summed E-state index contributed by atoms with van der Waals surface area (Å²) in [7, 11) is 0. The third-order valence-electron chi connectivity index (χ3n) is 3.08. The van der Waals surface area contributed by atoms with Crippen molar-refractivity contribution in [2.24, 2.45) is 0 Å². The summed E-state index contributed by atoms with van der Waals surface area (Å²) in [5.41, 5.74) is 0.0675. The molecule has 1 aromatic carbocycles. The summed E-state index contributed by atoms with van der Waals surface area (Å²) in [4.78, 5) is 24.7. The first-order valence-corrected chi connectivity index (χ1v) is 6.04. The van der Waals surface area contributed by atoms with Crippen LogP contribution in [0, 0.1) is 11.6 Å². The smallest absolute Gasteiger partial charge is 0.245 e. The van der Waals surface area contributed by atoms with E-state index in [-0.39, 0.29) is 30.5 Å². The van der Waals surface area contributed by atoms with Gasteiger partial charge in [0.15, 0.2) is 11.6 Å². The highest BCUT2D eigenvalue weighted by Crippen LogP contribution is 2.16. The van der Waals surface area contributed by atoms with Gasteiger partial charge in [-0.3, -0.25) is 9.59 Å². The lowest BCUT2D eigenvalue weighted by Crippen LogP contribution is -2.57. The minimum atomic E-state index is -0.977. The van der Waals surface area contributed by atoms with Crippen molar-refractivity contribution in [3.8, 4) is 0 Å². The monoisotopic (exact) mass is 268 g/mol. The molecule has 0 aliphatic carbocycles. The molecule has 1 saturated heterocycles. The number of piperazine rings is 1. The number of nitrogens with zero attached hydrogens (tertiary/aromatic N) is 1. The predicted octanol–water partition coefficient (Wildman–Crippen LogP) is 1.20. The van der Waals surface area contributed by atoms with Crippen molar-refractivity contribution >= 4 is 11.8 Å². The molecule has 0 aromatic heterocycles. The highest BCUT2D eigenvalue weighted by atomic mass is 19.2. The maximum absolute atomic E-state index is 13.5. The van der Waals surface area contributed by atoms with Crippen LogP contribution in [-0.2, 0) is 16.1 Å². The number of amides is 2. The van der Waals surface area contributed by atoms with Gasteiger partial charge in [-0.1, -0.05) is 19.1 Å². The second-order valence-electron chi connectivity index (χ2n) is 4.44. The Kier molecular flexibility index (Phi) is 3.78. The van der Waals surface area contributed by atoms with E-state index in [4.69, 9.17) is 0 Å². The number of rotatable bonds is 3. The molecular weight excluding hydrogens is 254 g/mol. The molecule has 1 aliphatic rings. The Bertz CT molecular complexity index is 519. The van der Waals surface area contributed by atoms with Crippen LogP contribution in [-0.4, -0.2) is 29.3 Å². The molecule has 1 atom stereocenters. The number of benzene rings is 1. The second-order valence-corrected chi connectivity index (χ2v) is 4.44. The summed E-state index contributed by atoms with van der Waals surface area (Å²) in [6.45, 7) is 1.53. The minimum Gasteiger partial charge on any atom is -0.343 e. The van der Waals surface area contributed by atoms with E-state index >= 15 is 0 Å². The van der Waals surface area contributed by atoms with Gasteiger partial charge in [0.1, 0.15) is 6.04 Å². The number of hydrogen-bond acceptors (Lipinski definition) is 2. The van der Waals surface area contributed by atoms with Gasteiger partial charge in [-0.15, -0.1) is 0 Å². The average molecular weight is 268 g/mol. The topological polar surface area (TPSA) is 49.4 Å². The van der Waals surface area contributed by atoms with Crippen molar-refractivity contribution < 1.29 is 18.4 Å². The van der Waals surface area contributed by atoms with E-state index < -0.39 is 17.7 Å². The Morgan fingerprint density at radius 2 is 2.11 bits per heavy atom. The molecule has 102 valence electrons. The largest absolute Gasteiger partial charge is 0.343 e. The highest BCUT2D eigenvalue weighted by Gasteiger charge is 2.31. The lowest BCUT2D eigenvalue weighted by atomic mass is 10.1. The lowest BCUT2D eigenvalue weighted by Gasteiger charge is -2.32. The Hall–Kier alpha value is -1.98. The third kappa shape index (κ3) is 2.72. The van der Waals surface area contributed by atoms with Gasteiger partial charge in [-0.05, 0) is 12.5 Å². The van der Waals surface area contributed by atoms with Crippen molar-refractivity contribution in [1.82, 2.24) is 10.2 Å². The van der Waals surface area contributed by atoms with Crippen LogP contribution >= 0.6 is 0 Å². The number of carbonyl (C=O) groups excluding carboxylic acids is 2. The fraction of sp³-hybridized carbons (Fsp3) is 0.385. The van der Waals surface area contributed by atoms with E-state index in [1.165, 1.54) is 17.0 Å². The van der Waals surface area contributed by atoms with Crippen LogP contribution in [0.15, 0.2) is 18.2 Å². The zero-order chi connectivity index (χ0) is 14.0. The predicted molar refractivity (Wildman–Crippen MR) is 64.0 cm³/mol. The quantitative estimate of drug-likeness (QED) is 0.895. The van der Waals surface area contributed by atoms with Gasteiger partial charge >= 0.3 is 0 Å². The molecule has 2 amide bonds. The van der Waals surface area contributed by atoms with Crippen LogP contribution in [0.3, 0.4) is 0 Å². The van der Waals surface area contributed by atoms with Crippen LogP contribution < -0.4 is 5.32 Å². The molecular formula is C13H14F2N2O2. The summed E-state index contributed by atoms with van der Waals surface area (Å²) in [6, 6.07) is 3.20. The Morgan fingerprint density at radius 1 is 1.37 bits per heavy atom. The van der Waals surface area contributed by atoms with Crippen molar-refractivity contribution in [1.29, 1.82) is 0 Å². The van der Waals surface area contributed by atoms with E-state index in [0.29, 0.717) is 6.42 Å². The van der Waals surface area contributed by atoms with E-state index in [1.54, 1.807) is 6.92 Å². The summed E-state index contributed by atoms with van der Waals surface area (Å²) in [5.74, 6) is -2.50. The molecule has 0 spiro atoms. The summed E-state index contributed by atoms with van der Waals surface area (Å²) >= 11 is 0. The number of hydrogen-bond donors (Lipinski definition) is 1. The third-order valence-corrected chi connectivity index (χ3v) is 3.08. The van der Waals surface area contributed by atoms with Crippen molar-refractivity contribution in [3.05, 3.63) is 35.4 Å². The number of halogens is 2. The molecule has 1 aliphatic heterocycles. The SMILES string of the molecule is CCC1NC(=O)CN(Cc2cccc(F)c2F)C1=O. The molecule has 0 bridgehead atoms. The van der Waals surface area contributed by atoms with Gasteiger partial charge in [0.2, 0.25) is 11.8 Å². The summed E-state index contributed by atoms with van der Waals surface area (Å²) in [6.07, 6.45) is 0.465. The Morgan fingerprint density at radius 3 is 2.79 bits per heavy atom. The van der Waals surface area contributed by atoms with E-state index in [1.807, 2.05) is 0 Å². The van der Waals surface area contributed by atoms with E-state index in [9.17, 15) is 18.4 Å². The van der Waals surface area contributed by atoms with Crippen LogP contribution in [0.5, 0.6) is 0 Å². The van der Waals surface area contributed by atoms with E-state index in [0.717, 1.165) is 6.07 Å². The molecule has 0 radical (unpaired) electrons. The van der Waals surface area contributed by atoms with Crippen LogP contribution in [0.2, 0.25) is 0 Å². The van der Waals surface area contributed by atoms with Crippen LogP contribution in [0.1, 0.15) is 18.9 Å². The van der Waals surface area contributed by atoms with Gasteiger partial charge in [0.05, 0.1) is 6.54 Å². The first-order valence-electron chi connectivity index (χ1n) is 6.04.